The van der Waals surface area contributed by atoms with E-state index in [-0.39, 0.29) is 0 Å². The first-order chi connectivity index (χ1) is 3.48. The maximum atomic E-state index is 10.4. The highest BCUT2D eigenvalue weighted by Gasteiger charge is 2.03. The van der Waals surface area contributed by atoms with Crippen LogP contribution in [0.5, 0.6) is 0 Å². The van der Waals surface area contributed by atoms with Gasteiger partial charge in [-0.25, -0.2) is 0 Å². The Hall–Kier alpha value is -0.530. The quantitative estimate of drug-likeness (QED) is 0.459. The maximum absolute atomic E-state index is 10.4. The number of ether oxygens (including phenoxy) is 1. The molecule has 7 heavy (non-hydrogen) atoms. The largest absolute Gasteiger partial charge is 0.469 e. The number of rotatable bonds is 1. The molecule has 0 saturated carbocycles. The molecule has 0 bridgehead atoms. The zero-order valence-electron chi connectivity index (χ0n) is 5.82. The van der Waals surface area contributed by atoms with Crippen molar-refractivity contribution >= 4 is 5.97 Å². The molecule has 2 nitrogen and oxygen atoms in total. The van der Waals surface area contributed by atoms with Crippen molar-refractivity contribution in [3.05, 3.63) is 0 Å². The minimum Gasteiger partial charge on any atom is -0.469 e. The summed E-state index contributed by atoms with van der Waals surface area (Å²) in [6.07, 6.45) is 0. The molecule has 0 saturated heterocycles. The molecule has 0 radical (unpaired) electrons. The Kier molecular flexibility index (Phi) is 1.72. The van der Waals surface area contributed by atoms with Crippen molar-refractivity contribution in [2.45, 2.75) is 13.8 Å². The van der Waals surface area contributed by atoms with Crippen molar-refractivity contribution in [1.29, 1.82) is 0 Å². The summed E-state index contributed by atoms with van der Waals surface area (Å²) >= 11 is 0. The van der Waals surface area contributed by atoms with E-state index in [1.54, 1.807) is 0 Å². The summed E-state index contributed by atoms with van der Waals surface area (Å²) in [5.41, 5.74) is 0. The van der Waals surface area contributed by atoms with Gasteiger partial charge in [-0.15, -0.1) is 0 Å². The predicted molar refractivity (Wildman–Crippen MR) is 26.9 cm³/mol. The van der Waals surface area contributed by atoms with Crippen LogP contribution in [0.4, 0.5) is 0 Å². The molecule has 0 aromatic carbocycles. The molecule has 0 heterocycles. The van der Waals surface area contributed by atoms with Gasteiger partial charge in [0.25, 0.3) is 0 Å². The Labute approximate surface area is 44.9 Å². The van der Waals surface area contributed by atoms with E-state index in [2.05, 4.69) is 4.74 Å². The highest BCUT2D eigenvalue weighted by atomic mass is 16.5. The fourth-order valence-electron chi connectivity index (χ4n) is 0.204. The molecule has 42 valence electrons. The molecule has 0 unspecified atom stereocenters. The standard InChI is InChI=1S/C5H10O2/c1-4(2)5(6)7-3/h4H,1-3H3/i4D. The summed E-state index contributed by atoms with van der Waals surface area (Å²) in [7, 11) is 1.28. The van der Waals surface area contributed by atoms with E-state index in [1.807, 2.05) is 0 Å². The molecule has 0 aliphatic heterocycles. The van der Waals surface area contributed by atoms with Crippen LogP contribution >= 0.6 is 0 Å². The van der Waals surface area contributed by atoms with Crippen LogP contribution in [0.1, 0.15) is 15.2 Å². The van der Waals surface area contributed by atoms with Gasteiger partial charge < -0.3 is 4.74 Å². The third-order valence-electron chi connectivity index (χ3n) is 0.594. The molecule has 0 aromatic rings. The summed E-state index contributed by atoms with van der Waals surface area (Å²) < 4.78 is 11.4. The molecule has 2 heteroatoms. The molecule has 0 N–H and O–H groups in total. The van der Waals surface area contributed by atoms with Crippen molar-refractivity contribution in [3.8, 4) is 0 Å². The second-order valence-electron chi connectivity index (χ2n) is 1.49. The van der Waals surface area contributed by atoms with E-state index >= 15 is 0 Å². The van der Waals surface area contributed by atoms with Crippen LogP contribution < -0.4 is 0 Å². The van der Waals surface area contributed by atoms with Crippen molar-refractivity contribution in [1.82, 2.24) is 0 Å². The first kappa shape index (κ1) is 4.62. The number of carbonyl (C=O) groups excluding carboxylic acids is 1. The molecule has 0 spiro atoms. The zero-order valence-corrected chi connectivity index (χ0v) is 4.82. The highest BCUT2D eigenvalue weighted by molar-refractivity contribution is 5.71. The molecule has 0 amide bonds. The van der Waals surface area contributed by atoms with Crippen molar-refractivity contribution in [2.75, 3.05) is 7.11 Å². The van der Waals surface area contributed by atoms with Gasteiger partial charge in [0.2, 0.25) is 0 Å². The van der Waals surface area contributed by atoms with E-state index in [9.17, 15) is 4.79 Å². The minimum absolute atomic E-state index is 0.502. The first-order valence-electron chi connectivity index (χ1n) is 2.57. The minimum atomic E-state index is -1.10. The van der Waals surface area contributed by atoms with Gasteiger partial charge in [-0.05, 0) is 0 Å². The normalized spacial score (nSPS) is 12.7. The third-order valence-corrected chi connectivity index (χ3v) is 0.594. The zero-order chi connectivity index (χ0) is 6.78. The lowest BCUT2D eigenvalue weighted by molar-refractivity contribution is -0.144. The highest BCUT2D eigenvalue weighted by Crippen LogP contribution is 1.91. The van der Waals surface area contributed by atoms with Gasteiger partial charge in [0, 0.05) is 1.37 Å². The Morgan fingerprint density at radius 1 is 1.86 bits per heavy atom. The van der Waals surface area contributed by atoms with Crippen LogP contribution in [0, 0.1) is 5.89 Å². The molecule has 0 aliphatic carbocycles. The lowest BCUT2D eigenvalue weighted by atomic mass is 10.2. The molecular formula is C5H10O2. The maximum Gasteiger partial charge on any atom is 0.308 e. The molecular weight excluding hydrogens is 92.1 g/mol. The van der Waals surface area contributed by atoms with Crippen molar-refractivity contribution in [2.24, 2.45) is 5.89 Å². The topological polar surface area (TPSA) is 26.3 Å². The Morgan fingerprint density at radius 2 is 2.29 bits per heavy atom. The Balaban J connectivity index is 3.82. The van der Waals surface area contributed by atoms with E-state index in [1.165, 1.54) is 21.0 Å². The fraction of sp³-hybridized carbons (Fsp3) is 0.800. The monoisotopic (exact) mass is 103 g/mol. The molecule has 0 aromatic heterocycles. The van der Waals surface area contributed by atoms with E-state index < -0.39 is 11.9 Å². The lowest BCUT2D eigenvalue weighted by Gasteiger charge is -1.97. The van der Waals surface area contributed by atoms with E-state index in [4.69, 9.17) is 1.37 Å². The summed E-state index contributed by atoms with van der Waals surface area (Å²) in [5, 5.41) is 0. The van der Waals surface area contributed by atoms with Gasteiger partial charge in [0.15, 0.2) is 0 Å². The van der Waals surface area contributed by atoms with Crippen LogP contribution in [-0.4, -0.2) is 13.1 Å². The fourth-order valence-corrected chi connectivity index (χ4v) is 0.204. The van der Waals surface area contributed by atoms with Crippen molar-refractivity contribution in [3.63, 3.8) is 0 Å². The number of methoxy groups -OCH3 is 1. The molecule has 0 atom stereocenters. The number of esters is 1. The van der Waals surface area contributed by atoms with Crippen LogP contribution in [0.3, 0.4) is 0 Å². The summed E-state index contributed by atoms with van der Waals surface area (Å²) in [5.74, 6) is -1.60. The molecule has 0 fully saturated rings. The van der Waals surface area contributed by atoms with Gasteiger partial charge in [-0.2, -0.15) is 0 Å². The number of hydrogen-bond donors (Lipinski definition) is 0. The average Bonchev–Trinajstić information content (AvgIpc) is 1.62. The van der Waals surface area contributed by atoms with Gasteiger partial charge in [0.1, 0.15) is 0 Å². The van der Waals surface area contributed by atoms with E-state index in [0.717, 1.165) is 0 Å². The van der Waals surface area contributed by atoms with Gasteiger partial charge in [-0.1, -0.05) is 13.8 Å². The molecule has 0 aliphatic rings. The van der Waals surface area contributed by atoms with Crippen LogP contribution in [0.2, 0.25) is 0 Å². The SMILES string of the molecule is [2H]C(C)(C)C(=O)OC. The van der Waals surface area contributed by atoms with Gasteiger partial charge >= 0.3 is 5.97 Å². The second-order valence-corrected chi connectivity index (χ2v) is 1.49. The van der Waals surface area contributed by atoms with Gasteiger partial charge in [-0.3, -0.25) is 4.79 Å². The Morgan fingerprint density at radius 3 is 2.29 bits per heavy atom. The van der Waals surface area contributed by atoms with Crippen molar-refractivity contribution < 1.29 is 10.9 Å². The van der Waals surface area contributed by atoms with E-state index in [0.29, 0.717) is 0 Å². The number of hydrogen-bond acceptors (Lipinski definition) is 2. The van der Waals surface area contributed by atoms with Crippen LogP contribution in [0.25, 0.3) is 0 Å². The van der Waals surface area contributed by atoms with Crippen LogP contribution in [0.15, 0.2) is 0 Å². The third kappa shape index (κ3) is 2.20. The number of carbonyl (C=O) groups is 1. The smallest absolute Gasteiger partial charge is 0.308 e. The van der Waals surface area contributed by atoms with Crippen LogP contribution in [-0.2, 0) is 9.53 Å². The Bertz CT molecular complexity index is 93.1. The average molecular weight is 103 g/mol. The summed E-state index contributed by atoms with van der Waals surface area (Å²) in [4.78, 5) is 10.4. The predicted octanol–water partition coefficient (Wildman–Crippen LogP) is 0.815. The first-order valence-corrected chi connectivity index (χ1v) is 2.07. The summed E-state index contributed by atoms with van der Waals surface area (Å²) in [6.45, 7) is 2.97. The van der Waals surface area contributed by atoms with Gasteiger partial charge in [0.05, 0.1) is 13.0 Å². The second kappa shape index (κ2) is 2.61. The summed E-state index contributed by atoms with van der Waals surface area (Å²) in [6, 6.07) is 0. The lowest BCUT2D eigenvalue weighted by Crippen LogP contribution is -2.07. The molecule has 0 rings (SSSR count).